The summed E-state index contributed by atoms with van der Waals surface area (Å²) in [6.07, 6.45) is 1.18. The Hall–Kier alpha value is -5.14. The summed E-state index contributed by atoms with van der Waals surface area (Å²) in [7, 11) is 1.82. The van der Waals surface area contributed by atoms with E-state index in [9.17, 15) is 14.9 Å². The number of nitro groups is 1. The first-order valence-electron chi connectivity index (χ1n) is 9.81. The highest BCUT2D eigenvalue weighted by molar-refractivity contribution is 5.94. The van der Waals surface area contributed by atoms with Crippen molar-refractivity contribution in [2.24, 2.45) is 5.10 Å². The third kappa shape index (κ3) is 4.55. The Labute approximate surface area is 191 Å². The van der Waals surface area contributed by atoms with Gasteiger partial charge < -0.3 is 10.6 Å². The number of para-hydroxylation sites is 2. The number of hydrazone groups is 1. The fraction of sp³-hybridized carbons (Fsp3) is 0.100. The minimum Gasteiger partial charge on any atom is -0.378 e. The molecule has 2 heterocycles. The van der Waals surface area contributed by atoms with Crippen LogP contribution in [0.15, 0.2) is 64.3 Å². The number of nitro benzene ring substituents is 1. The number of hydrogen-bond donors (Lipinski definition) is 2. The lowest BCUT2D eigenvalue weighted by Crippen LogP contribution is -2.24. The van der Waals surface area contributed by atoms with Crippen molar-refractivity contribution in [1.82, 2.24) is 30.7 Å². The lowest BCUT2D eigenvalue weighted by molar-refractivity contribution is -0.385. The van der Waals surface area contributed by atoms with Crippen LogP contribution >= 0.6 is 0 Å². The number of carbonyl (C=O) groups is 1. The predicted octanol–water partition coefficient (Wildman–Crippen LogP) is 1.54. The van der Waals surface area contributed by atoms with E-state index in [0.717, 1.165) is 5.69 Å². The topological polar surface area (TPSA) is 183 Å². The number of anilines is 2. The van der Waals surface area contributed by atoms with E-state index in [-0.39, 0.29) is 35.1 Å². The van der Waals surface area contributed by atoms with Gasteiger partial charge in [0.15, 0.2) is 5.69 Å². The number of nitrogens with two attached hydrogens (primary N) is 1. The molecule has 0 aliphatic rings. The monoisotopic (exact) mass is 462 g/mol. The van der Waals surface area contributed by atoms with E-state index < -0.39 is 10.8 Å². The Kier molecular flexibility index (Phi) is 6.20. The Balaban J connectivity index is 1.62. The first-order chi connectivity index (χ1) is 16.5. The molecule has 0 aliphatic carbocycles. The van der Waals surface area contributed by atoms with Gasteiger partial charge in [-0.25, -0.2) is 10.1 Å². The second-order valence-electron chi connectivity index (χ2n) is 6.98. The average molecular weight is 462 g/mol. The summed E-state index contributed by atoms with van der Waals surface area (Å²) in [6, 6.07) is 15.4. The van der Waals surface area contributed by atoms with Gasteiger partial charge in [0.05, 0.1) is 28.9 Å². The van der Waals surface area contributed by atoms with Crippen LogP contribution in [0.5, 0.6) is 0 Å². The van der Waals surface area contributed by atoms with Crippen molar-refractivity contribution in [2.75, 3.05) is 17.7 Å². The summed E-state index contributed by atoms with van der Waals surface area (Å²) in [5, 5.41) is 30.2. The maximum Gasteiger partial charge on any atom is 0.293 e. The van der Waals surface area contributed by atoms with Crippen LogP contribution in [-0.2, 0) is 6.54 Å². The van der Waals surface area contributed by atoms with Crippen LogP contribution in [-0.4, -0.2) is 49.4 Å². The summed E-state index contributed by atoms with van der Waals surface area (Å²) in [5.41, 5.74) is 9.37. The predicted molar refractivity (Wildman–Crippen MR) is 120 cm³/mol. The molecule has 0 atom stereocenters. The van der Waals surface area contributed by atoms with E-state index in [1.807, 2.05) is 42.3 Å². The smallest absolute Gasteiger partial charge is 0.293 e. The van der Waals surface area contributed by atoms with Gasteiger partial charge in [0, 0.05) is 18.8 Å². The zero-order valence-electron chi connectivity index (χ0n) is 17.8. The largest absolute Gasteiger partial charge is 0.378 e. The van der Waals surface area contributed by atoms with E-state index in [0.29, 0.717) is 5.69 Å². The van der Waals surface area contributed by atoms with Crippen molar-refractivity contribution in [3.05, 3.63) is 81.7 Å². The number of aromatic nitrogens is 5. The minimum atomic E-state index is -0.687. The van der Waals surface area contributed by atoms with Gasteiger partial charge in [-0.2, -0.15) is 9.78 Å². The number of hydrogen-bond acceptors (Lipinski definition) is 11. The van der Waals surface area contributed by atoms with Crippen LogP contribution in [0.2, 0.25) is 0 Å². The molecule has 2 aromatic heterocycles. The van der Waals surface area contributed by atoms with E-state index in [1.165, 1.54) is 29.1 Å². The average Bonchev–Trinajstić information content (AvgIpc) is 3.45. The Morgan fingerprint density at radius 3 is 2.68 bits per heavy atom. The lowest BCUT2D eigenvalue weighted by Gasteiger charge is -2.19. The van der Waals surface area contributed by atoms with Crippen molar-refractivity contribution < 1.29 is 14.3 Å². The summed E-state index contributed by atoms with van der Waals surface area (Å²) in [4.78, 5) is 25.4. The van der Waals surface area contributed by atoms with Gasteiger partial charge in [0.25, 0.3) is 11.6 Å². The highest BCUT2D eigenvalue weighted by Gasteiger charge is 2.25. The fourth-order valence-electron chi connectivity index (χ4n) is 3.10. The number of amides is 1. The Bertz CT molecular complexity index is 1350. The molecular weight excluding hydrogens is 444 g/mol. The third-order valence-electron chi connectivity index (χ3n) is 4.76. The van der Waals surface area contributed by atoms with Crippen LogP contribution in [0.25, 0.3) is 5.82 Å². The van der Waals surface area contributed by atoms with Crippen molar-refractivity contribution >= 4 is 29.3 Å². The first-order valence-corrected chi connectivity index (χ1v) is 9.81. The summed E-state index contributed by atoms with van der Waals surface area (Å²) in [5.74, 6) is -0.645. The van der Waals surface area contributed by atoms with Crippen LogP contribution in [0.4, 0.5) is 17.2 Å². The molecule has 0 saturated carbocycles. The number of nitrogens with zero attached hydrogens (tertiary/aromatic N) is 8. The van der Waals surface area contributed by atoms with Crippen LogP contribution < -0.4 is 16.1 Å². The number of benzene rings is 2. The van der Waals surface area contributed by atoms with Gasteiger partial charge in [-0.15, -0.1) is 5.10 Å². The van der Waals surface area contributed by atoms with Crippen LogP contribution in [0, 0.1) is 10.1 Å². The molecule has 0 unspecified atom stereocenters. The van der Waals surface area contributed by atoms with Crippen molar-refractivity contribution in [3.63, 3.8) is 0 Å². The molecule has 0 spiro atoms. The second kappa shape index (κ2) is 9.56. The standard InChI is InChI=1S/C20H18N10O4/c1-28(14-8-3-2-4-9-14)12-16-17(23-27-29(16)19-18(21)25-34-26-19)20(31)24-22-11-13-7-5-6-10-15(13)30(32)33/h2-11H,12H2,1H3,(H2,21,25)(H,24,31). The molecule has 4 aromatic rings. The normalized spacial score (nSPS) is 11.0. The Morgan fingerprint density at radius 2 is 1.97 bits per heavy atom. The molecule has 0 radical (unpaired) electrons. The van der Waals surface area contributed by atoms with Gasteiger partial charge in [-0.3, -0.25) is 14.9 Å². The number of nitrogens with one attached hydrogen (secondary N) is 1. The van der Waals surface area contributed by atoms with Gasteiger partial charge >= 0.3 is 0 Å². The van der Waals surface area contributed by atoms with Gasteiger partial charge in [-0.1, -0.05) is 35.5 Å². The quantitative estimate of drug-likeness (QED) is 0.221. The summed E-state index contributed by atoms with van der Waals surface area (Å²) >= 11 is 0. The molecule has 0 saturated heterocycles. The Morgan fingerprint density at radius 1 is 1.24 bits per heavy atom. The maximum atomic E-state index is 12.9. The molecule has 2 aromatic carbocycles. The van der Waals surface area contributed by atoms with E-state index in [1.54, 1.807) is 6.07 Å². The van der Waals surface area contributed by atoms with Gasteiger partial charge in [-0.05, 0) is 28.5 Å². The highest BCUT2D eigenvalue weighted by atomic mass is 16.6. The molecule has 172 valence electrons. The molecule has 3 N–H and O–H groups in total. The van der Waals surface area contributed by atoms with Gasteiger partial charge in [0.2, 0.25) is 11.6 Å². The molecule has 34 heavy (non-hydrogen) atoms. The minimum absolute atomic E-state index is 0.0325. The molecule has 4 rings (SSSR count). The zero-order valence-corrected chi connectivity index (χ0v) is 17.8. The first kappa shape index (κ1) is 22.1. The number of carbonyl (C=O) groups excluding carboxylic acids is 1. The van der Waals surface area contributed by atoms with Crippen molar-refractivity contribution in [3.8, 4) is 5.82 Å². The number of nitrogen functional groups attached to an aromatic ring is 1. The lowest BCUT2D eigenvalue weighted by atomic mass is 10.2. The molecule has 0 fully saturated rings. The molecule has 14 heteroatoms. The number of rotatable bonds is 8. The van der Waals surface area contributed by atoms with Gasteiger partial charge in [0.1, 0.15) is 0 Å². The zero-order chi connectivity index (χ0) is 24.1. The maximum absolute atomic E-state index is 12.9. The molecule has 14 nitrogen and oxygen atoms in total. The van der Waals surface area contributed by atoms with E-state index >= 15 is 0 Å². The second-order valence-corrected chi connectivity index (χ2v) is 6.98. The van der Waals surface area contributed by atoms with E-state index in [2.05, 4.69) is 35.8 Å². The van der Waals surface area contributed by atoms with Crippen LogP contribution in [0.1, 0.15) is 21.7 Å². The molecule has 1 amide bonds. The molecule has 0 bridgehead atoms. The molecular formula is C20H18N10O4. The van der Waals surface area contributed by atoms with Crippen molar-refractivity contribution in [1.29, 1.82) is 0 Å². The summed E-state index contributed by atoms with van der Waals surface area (Å²) < 4.78 is 5.91. The highest BCUT2D eigenvalue weighted by Crippen LogP contribution is 2.20. The van der Waals surface area contributed by atoms with Crippen LogP contribution in [0.3, 0.4) is 0 Å². The third-order valence-corrected chi connectivity index (χ3v) is 4.76. The SMILES string of the molecule is CN(Cc1c(C(=O)NN=Cc2ccccc2[N+](=O)[O-])nnn1-c1nonc1N)c1ccccc1. The summed E-state index contributed by atoms with van der Waals surface area (Å²) in [6.45, 7) is 0.194. The fourth-order valence-corrected chi connectivity index (χ4v) is 3.10. The van der Waals surface area contributed by atoms with E-state index in [4.69, 9.17) is 5.73 Å². The van der Waals surface area contributed by atoms with Crippen molar-refractivity contribution in [2.45, 2.75) is 6.54 Å². The molecule has 0 aliphatic heterocycles.